The van der Waals surface area contributed by atoms with Crippen LogP contribution in [0.3, 0.4) is 0 Å². The van der Waals surface area contributed by atoms with E-state index in [0.29, 0.717) is 5.65 Å². The van der Waals surface area contributed by atoms with Crippen molar-refractivity contribution in [3.8, 4) is 11.4 Å². The Bertz CT molecular complexity index is 978. The Morgan fingerprint density at radius 1 is 0.905 bits per heavy atom. The summed E-state index contributed by atoms with van der Waals surface area (Å²) in [6.07, 6.45) is 1.51. The largest absolute Gasteiger partial charge is 0.265 e. The highest BCUT2D eigenvalue weighted by Crippen LogP contribution is 2.25. The molecular formula is C15H8F2N4. The van der Waals surface area contributed by atoms with Crippen LogP contribution in [-0.4, -0.2) is 19.6 Å². The van der Waals surface area contributed by atoms with Crippen molar-refractivity contribution >= 4 is 16.6 Å². The summed E-state index contributed by atoms with van der Waals surface area (Å²) < 4.78 is 28.9. The van der Waals surface area contributed by atoms with Gasteiger partial charge in [-0.1, -0.05) is 18.2 Å². The maximum atomic E-state index is 13.9. The molecule has 6 heteroatoms. The van der Waals surface area contributed by atoms with Gasteiger partial charge in [-0.25, -0.2) is 13.8 Å². The monoisotopic (exact) mass is 282 g/mol. The maximum Gasteiger partial charge on any atom is 0.172 e. The normalized spacial score (nSPS) is 11.3. The van der Waals surface area contributed by atoms with E-state index in [4.69, 9.17) is 0 Å². The fourth-order valence-corrected chi connectivity index (χ4v) is 2.34. The van der Waals surface area contributed by atoms with Crippen LogP contribution < -0.4 is 0 Å². The quantitative estimate of drug-likeness (QED) is 0.538. The fourth-order valence-electron chi connectivity index (χ4n) is 2.34. The lowest BCUT2D eigenvalue weighted by Gasteiger charge is -2.03. The number of aromatic nitrogens is 4. The van der Waals surface area contributed by atoms with E-state index in [0.717, 1.165) is 17.0 Å². The lowest BCUT2D eigenvalue weighted by molar-refractivity contribution is 0.510. The van der Waals surface area contributed by atoms with E-state index < -0.39 is 11.6 Å². The van der Waals surface area contributed by atoms with Crippen LogP contribution in [0.4, 0.5) is 8.78 Å². The van der Waals surface area contributed by atoms with Gasteiger partial charge in [0.25, 0.3) is 0 Å². The van der Waals surface area contributed by atoms with E-state index in [2.05, 4.69) is 15.2 Å². The van der Waals surface area contributed by atoms with Gasteiger partial charge in [0.2, 0.25) is 0 Å². The molecule has 102 valence electrons. The van der Waals surface area contributed by atoms with Crippen LogP contribution in [0.2, 0.25) is 0 Å². The highest BCUT2D eigenvalue weighted by atomic mass is 19.2. The number of nitrogens with zero attached hydrogens (tertiary/aromatic N) is 4. The molecule has 4 nitrogen and oxygen atoms in total. The minimum absolute atomic E-state index is 0.0552. The summed E-state index contributed by atoms with van der Waals surface area (Å²) in [7, 11) is 0. The second kappa shape index (κ2) is 4.31. The van der Waals surface area contributed by atoms with Gasteiger partial charge in [-0.05, 0) is 24.3 Å². The van der Waals surface area contributed by atoms with E-state index in [1.165, 1.54) is 18.5 Å². The van der Waals surface area contributed by atoms with Gasteiger partial charge in [0.15, 0.2) is 23.1 Å². The number of rotatable bonds is 1. The van der Waals surface area contributed by atoms with Gasteiger partial charge in [-0.2, -0.15) is 0 Å². The van der Waals surface area contributed by atoms with Crippen LogP contribution in [0.25, 0.3) is 27.9 Å². The molecule has 4 rings (SSSR count). The Hall–Kier alpha value is -2.89. The average Bonchev–Trinajstić information content (AvgIpc) is 2.94. The summed E-state index contributed by atoms with van der Waals surface area (Å²) in [6.45, 7) is 0. The molecule has 0 aliphatic rings. The first kappa shape index (κ1) is 11.9. The van der Waals surface area contributed by atoms with Crippen molar-refractivity contribution in [3.05, 3.63) is 60.4 Å². The highest BCUT2D eigenvalue weighted by molar-refractivity contribution is 5.91. The Morgan fingerprint density at radius 3 is 2.67 bits per heavy atom. The van der Waals surface area contributed by atoms with Crippen LogP contribution in [-0.2, 0) is 0 Å². The fraction of sp³-hybridized carbons (Fsp3) is 0. The first-order valence-corrected chi connectivity index (χ1v) is 6.28. The molecule has 2 aromatic carbocycles. The van der Waals surface area contributed by atoms with Crippen LogP contribution in [0.1, 0.15) is 0 Å². The molecule has 0 amide bonds. The number of halogens is 2. The number of benzene rings is 2. The molecule has 0 bridgehead atoms. The molecule has 0 N–H and O–H groups in total. The van der Waals surface area contributed by atoms with Crippen LogP contribution >= 0.6 is 0 Å². The third kappa shape index (κ3) is 1.69. The first-order valence-electron chi connectivity index (χ1n) is 6.28. The number of hydrogen-bond acceptors (Lipinski definition) is 3. The summed E-state index contributed by atoms with van der Waals surface area (Å²) >= 11 is 0. The van der Waals surface area contributed by atoms with Crippen molar-refractivity contribution in [2.24, 2.45) is 0 Å². The number of para-hydroxylation sites is 1. The zero-order valence-corrected chi connectivity index (χ0v) is 10.7. The SMILES string of the molecule is Fc1cccc(-c2nnc3c4ccccc4ncn23)c1F. The standard InChI is InChI=1S/C15H8F2N4/c16-11-6-3-5-10(13(11)17)15-20-19-14-9-4-1-2-7-12(9)18-8-21(14)15/h1-8H. The molecule has 0 radical (unpaired) electrons. The lowest BCUT2D eigenvalue weighted by atomic mass is 10.2. The molecule has 0 aliphatic carbocycles. The van der Waals surface area contributed by atoms with Gasteiger partial charge < -0.3 is 0 Å². The molecule has 0 unspecified atom stereocenters. The topological polar surface area (TPSA) is 43.1 Å². The Morgan fingerprint density at radius 2 is 1.76 bits per heavy atom. The van der Waals surface area contributed by atoms with Gasteiger partial charge >= 0.3 is 0 Å². The molecule has 2 heterocycles. The van der Waals surface area contributed by atoms with Crippen LogP contribution in [0.15, 0.2) is 48.8 Å². The van der Waals surface area contributed by atoms with Gasteiger partial charge in [0.1, 0.15) is 6.33 Å². The molecule has 21 heavy (non-hydrogen) atoms. The molecule has 0 saturated carbocycles. The summed E-state index contributed by atoms with van der Waals surface area (Å²) in [5.74, 6) is -1.64. The van der Waals surface area contributed by atoms with Crippen molar-refractivity contribution in [2.75, 3.05) is 0 Å². The van der Waals surface area contributed by atoms with Gasteiger partial charge in [-0.15, -0.1) is 10.2 Å². The first-order chi connectivity index (χ1) is 10.3. The summed E-state index contributed by atoms with van der Waals surface area (Å²) in [4.78, 5) is 4.29. The van der Waals surface area contributed by atoms with Gasteiger partial charge in [0, 0.05) is 5.39 Å². The van der Waals surface area contributed by atoms with Crippen LogP contribution in [0.5, 0.6) is 0 Å². The zero-order chi connectivity index (χ0) is 14.4. The van der Waals surface area contributed by atoms with Crippen molar-refractivity contribution in [1.82, 2.24) is 19.6 Å². The second-order valence-electron chi connectivity index (χ2n) is 4.58. The maximum absolute atomic E-state index is 13.9. The smallest absolute Gasteiger partial charge is 0.172 e. The Balaban J connectivity index is 2.07. The van der Waals surface area contributed by atoms with E-state index in [1.54, 1.807) is 4.40 Å². The molecule has 0 atom stereocenters. The Kier molecular flexibility index (Phi) is 2.44. The second-order valence-corrected chi connectivity index (χ2v) is 4.58. The van der Waals surface area contributed by atoms with E-state index in [1.807, 2.05) is 24.3 Å². The molecule has 0 aliphatic heterocycles. The van der Waals surface area contributed by atoms with E-state index in [9.17, 15) is 8.78 Å². The average molecular weight is 282 g/mol. The predicted octanol–water partition coefficient (Wildman–Crippen LogP) is 3.22. The van der Waals surface area contributed by atoms with Crippen molar-refractivity contribution < 1.29 is 8.78 Å². The van der Waals surface area contributed by atoms with Crippen LogP contribution in [0, 0.1) is 11.6 Å². The summed E-state index contributed by atoms with van der Waals surface area (Å²) in [5.41, 5.74) is 1.38. The third-order valence-corrected chi connectivity index (χ3v) is 3.35. The lowest BCUT2D eigenvalue weighted by Crippen LogP contribution is -1.96. The van der Waals surface area contributed by atoms with Crippen molar-refractivity contribution in [1.29, 1.82) is 0 Å². The highest BCUT2D eigenvalue weighted by Gasteiger charge is 2.16. The number of fused-ring (bicyclic) bond motifs is 3. The summed E-state index contributed by atoms with van der Waals surface area (Å²) in [5, 5.41) is 8.86. The van der Waals surface area contributed by atoms with E-state index >= 15 is 0 Å². The zero-order valence-electron chi connectivity index (χ0n) is 10.7. The molecule has 4 aromatic rings. The summed E-state index contributed by atoms with van der Waals surface area (Å²) in [6, 6.07) is 11.4. The van der Waals surface area contributed by atoms with Gasteiger partial charge in [0.05, 0.1) is 11.1 Å². The third-order valence-electron chi connectivity index (χ3n) is 3.35. The molecule has 0 spiro atoms. The number of hydrogen-bond donors (Lipinski definition) is 0. The minimum atomic E-state index is -0.944. The van der Waals surface area contributed by atoms with E-state index in [-0.39, 0.29) is 11.4 Å². The van der Waals surface area contributed by atoms with Gasteiger partial charge in [-0.3, -0.25) is 4.40 Å². The molecular weight excluding hydrogens is 274 g/mol. The Labute approximate surface area is 117 Å². The van der Waals surface area contributed by atoms with Crippen molar-refractivity contribution in [3.63, 3.8) is 0 Å². The minimum Gasteiger partial charge on any atom is -0.265 e. The molecule has 0 fully saturated rings. The molecule has 2 aromatic heterocycles. The molecule has 0 saturated heterocycles. The predicted molar refractivity (Wildman–Crippen MR) is 73.6 cm³/mol. The van der Waals surface area contributed by atoms with Crippen molar-refractivity contribution in [2.45, 2.75) is 0 Å².